The van der Waals surface area contributed by atoms with Crippen LogP contribution in [0.25, 0.3) is 22.2 Å². The summed E-state index contributed by atoms with van der Waals surface area (Å²) >= 11 is 0. The average Bonchev–Trinajstić information content (AvgIpc) is 3.19. The summed E-state index contributed by atoms with van der Waals surface area (Å²) in [4.78, 5) is 11.5. The molecule has 4 heterocycles. The molecule has 6 nitrogen and oxygen atoms in total. The van der Waals surface area contributed by atoms with E-state index in [-0.39, 0.29) is 5.82 Å². The molecular formula is C23H19FN6. The number of aryl methyl sites for hydroxylation is 1. The van der Waals surface area contributed by atoms with Gasteiger partial charge in [0, 0.05) is 73.3 Å². The maximum absolute atomic E-state index is 14.3. The SMILES string of the molecule is Cn1cc(-c2cnc3nc4c(cc3c2)CN(Cc2ccc(C#N)cc2F)CC4)cn1. The van der Waals surface area contributed by atoms with E-state index in [0.29, 0.717) is 24.2 Å². The average molecular weight is 398 g/mol. The van der Waals surface area contributed by atoms with Gasteiger partial charge in [-0.05, 0) is 29.8 Å². The first kappa shape index (κ1) is 18.4. The molecule has 0 aliphatic carbocycles. The molecule has 1 aromatic carbocycles. The van der Waals surface area contributed by atoms with Crippen LogP contribution in [0.4, 0.5) is 4.39 Å². The van der Waals surface area contributed by atoms with Gasteiger partial charge >= 0.3 is 0 Å². The molecule has 4 aromatic rings. The van der Waals surface area contributed by atoms with E-state index in [4.69, 9.17) is 10.2 Å². The van der Waals surface area contributed by atoms with E-state index < -0.39 is 0 Å². The summed E-state index contributed by atoms with van der Waals surface area (Å²) in [6.07, 6.45) is 6.42. The number of hydrogen-bond acceptors (Lipinski definition) is 5. The van der Waals surface area contributed by atoms with Crippen LogP contribution >= 0.6 is 0 Å². The Bertz CT molecular complexity index is 1300. The van der Waals surface area contributed by atoms with Crippen molar-refractivity contribution >= 4 is 11.0 Å². The number of nitriles is 1. The van der Waals surface area contributed by atoms with Crippen molar-refractivity contribution in [1.82, 2.24) is 24.6 Å². The van der Waals surface area contributed by atoms with Crippen molar-refractivity contribution < 1.29 is 4.39 Å². The smallest absolute Gasteiger partial charge is 0.159 e. The summed E-state index contributed by atoms with van der Waals surface area (Å²) in [5.41, 5.74) is 5.91. The zero-order chi connectivity index (χ0) is 20.7. The Hall–Kier alpha value is -3.63. The normalized spacial score (nSPS) is 13.9. The molecule has 0 amide bonds. The first-order chi connectivity index (χ1) is 14.6. The summed E-state index contributed by atoms with van der Waals surface area (Å²) in [6, 6.07) is 10.9. The quantitative estimate of drug-likeness (QED) is 0.527. The molecule has 0 saturated heterocycles. The third-order valence-electron chi connectivity index (χ3n) is 5.51. The fourth-order valence-electron chi connectivity index (χ4n) is 3.93. The second-order valence-corrected chi connectivity index (χ2v) is 7.65. The second kappa shape index (κ2) is 7.32. The third kappa shape index (κ3) is 3.42. The molecule has 0 bridgehead atoms. The van der Waals surface area contributed by atoms with Crippen LogP contribution in [0, 0.1) is 17.1 Å². The predicted octanol–water partition coefficient (Wildman–Crippen LogP) is 3.60. The monoisotopic (exact) mass is 398 g/mol. The highest BCUT2D eigenvalue weighted by molar-refractivity contribution is 5.81. The highest BCUT2D eigenvalue weighted by Crippen LogP contribution is 2.26. The van der Waals surface area contributed by atoms with Crippen LogP contribution < -0.4 is 0 Å². The molecule has 0 N–H and O–H groups in total. The van der Waals surface area contributed by atoms with Gasteiger partial charge in [0.2, 0.25) is 0 Å². The minimum absolute atomic E-state index is 0.332. The van der Waals surface area contributed by atoms with E-state index in [1.165, 1.54) is 6.07 Å². The second-order valence-electron chi connectivity index (χ2n) is 7.65. The molecule has 3 aromatic heterocycles. The number of rotatable bonds is 3. The zero-order valence-electron chi connectivity index (χ0n) is 16.5. The molecular weight excluding hydrogens is 379 g/mol. The molecule has 0 saturated carbocycles. The Balaban J connectivity index is 1.42. The highest BCUT2D eigenvalue weighted by Gasteiger charge is 2.20. The van der Waals surface area contributed by atoms with E-state index in [0.717, 1.165) is 46.4 Å². The predicted molar refractivity (Wildman–Crippen MR) is 111 cm³/mol. The van der Waals surface area contributed by atoms with Gasteiger partial charge in [0.1, 0.15) is 5.82 Å². The van der Waals surface area contributed by atoms with Gasteiger partial charge in [0.05, 0.1) is 17.8 Å². The maximum Gasteiger partial charge on any atom is 0.159 e. The number of benzene rings is 1. The molecule has 0 radical (unpaired) electrons. The summed E-state index contributed by atoms with van der Waals surface area (Å²) in [7, 11) is 1.89. The van der Waals surface area contributed by atoms with Crippen molar-refractivity contribution in [2.75, 3.05) is 6.54 Å². The number of halogens is 1. The molecule has 1 aliphatic heterocycles. The van der Waals surface area contributed by atoms with Crippen LogP contribution in [0.5, 0.6) is 0 Å². The summed E-state index contributed by atoms with van der Waals surface area (Å²) in [5, 5.41) is 14.1. The first-order valence-corrected chi connectivity index (χ1v) is 9.77. The van der Waals surface area contributed by atoms with Crippen molar-refractivity contribution in [1.29, 1.82) is 5.26 Å². The van der Waals surface area contributed by atoms with E-state index in [9.17, 15) is 4.39 Å². The first-order valence-electron chi connectivity index (χ1n) is 9.77. The van der Waals surface area contributed by atoms with Crippen molar-refractivity contribution in [3.8, 4) is 17.2 Å². The number of pyridine rings is 2. The molecule has 30 heavy (non-hydrogen) atoms. The van der Waals surface area contributed by atoms with Gasteiger partial charge < -0.3 is 0 Å². The maximum atomic E-state index is 14.3. The van der Waals surface area contributed by atoms with Crippen molar-refractivity contribution in [2.45, 2.75) is 19.5 Å². The minimum atomic E-state index is -0.332. The Morgan fingerprint density at radius 2 is 2.07 bits per heavy atom. The molecule has 1 aliphatic rings. The number of aromatic nitrogens is 4. The van der Waals surface area contributed by atoms with Crippen LogP contribution in [-0.4, -0.2) is 31.2 Å². The van der Waals surface area contributed by atoms with E-state index in [1.807, 2.05) is 31.7 Å². The molecule has 0 unspecified atom stereocenters. The van der Waals surface area contributed by atoms with Gasteiger partial charge in [-0.15, -0.1) is 0 Å². The van der Waals surface area contributed by atoms with Crippen LogP contribution in [0.1, 0.15) is 22.4 Å². The summed E-state index contributed by atoms with van der Waals surface area (Å²) < 4.78 is 16.1. The van der Waals surface area contributed by atoms with Crippen LogP contribution in [0.15, 0.2) is 48.9 Å². The largest absolute Gasteiger partial charge is 0.294 e. The van der Waals surface area contributed by atoms with Gasteiger partial charge in [-0.1, -0.05) is 6.07 Å². The van der Waals surface area contributed by atoms with Crippen molar-refractivity contribution in [2.24, 2.45) is 7.05 Å². The number of nitrogens with zero attached hydrogens (tertiary/aromatic N) is 6. The lowest BCUT2D eigenvalue weighted by Gasteiger charge is -2.28. The van der Waals surface area contributed by atoms with Gasteiger partial charge in [-0.3, -0.25) is 9.58 Å². The van der Waals surface area contributed by atoms with Crippen molar-refractivity contribution in [3.63, 3.8) is 0 Å². The molecule has 7 heteroatoms. The Labute approximate surface area is 173 Å². The van der Waals surface area contributed by atoms with Gasteiger partial charge in [-0.25, -0.2) is 14.4 Å². The summed E-state index contributed by atoms with van der Waals surface area (Å²) in [6.45, 7) is 2.01. The summed E-state index contributed by atoms with van der Waals surface area (Å²) in [5.74, 6) is -0.332. The molecule has 5 rings (SSSR count). The molecule has 0 atom stereocenters. The van der Waals surface area contributed by atoms with Crippen molar-refractivity contribution in [3.05, 3.63) is 77.1 Å². The fourth-order valence-corrected chi connectivity index (χ4v) is 3.93. The third-order valence-corrected chi connectivity index (χ3v) is 5.51. The van der Waals surface area contributed by atoms with Crippen LogP contribution in [0.2, 0.25) is 0 Å². The molecule has 148 valence electrons. The number of hydrogen-bond donors (Lipinski definition) is 0. The van der Waals surface area contributed by atoms with Crippen LogP contribution in [0.3, 0.4) is 0 Å². The lowest BCUT2D eigenvalue weighted by atomic mass is 10.0. The lowest BCUT2D eigenvalue weighted by molar-refractivity contribution is 0.240. The Morgan fingerprint density at radius 1 is 1.17 bits per heavy atom. The molecule has 0 fully saturated rings. The van der Waals surface area contributed by atoms with Gasteiger partial charge in [0.25, 0.3) is 0 Å². The standard InChI is InChI=1S/C23H19FN6/c1-29-12-20(11-27-29)18-7-17-8-19-14-30(5-4-22(19)28-23(17)26-10-18)13-16-3-2-15(9-25)6-21(16)24/h2-3,6-8,10-12H,4-5,13-14H2,1H3. The van der Waals surface area contributed by atoms with E-state index in [1.54, 1.807) is 16.8 Å². The Morgan fingerprint density at radius 3 is 2.83 bits per heavy atom. The zero-order valence-corrected chi connectivity index (χ0v) is 16.5. The topological polar surface area (TPSA) is 70.6 Å². The van der Waals surface area contributed by atoms with Gasteiger partial charge in [0.15, 0.2) is 5.65 Å². The lowest BCUT2D eigenvalue weighted by Crippen LogP contribution is -2.31. The minimum Gasteiger partial charge on any atom is -0.294 e. The number of fused-ring (bicyclic) bond motifs is 2. The van der Waals surface area contributed by atoms with Crippen LogP contribution in [-0.2, 0) is 26.6 Å². The molecule has 0 spiro atoms. The van der Waals surface area contributed by atoms with E-state index >= 15 is 0 Å². The van der Waals surface area contributed by atoms with Gasteiger partial charge in [-0.2, -0.15) is 10.4 Å². The highest BCUT2D eigenvalue weighted by atomic mass is 19.1. The fraction of sp³-hybridized carbons (Fsp3) is 0.217. The van der Waals surface area contributed by atoms with E-state index in [2.05, 4.69) is 27.1 Å². The Kier molecular flexibility index (Phi) is 4.49.